The number of ether oxygens (including phenoxy) is 1. The van der Waals surface area contributed by atoms with Crippen molar-refractivity contribution < 1.29 is 9.53 Å². The Labute approximate surface area is 172 Å². The molecule has 29 heavy (non-hydrogen) atoms. The van der Waals surface area contributed by atoms with Gasteiger partial charge in [0.1, 0.15) is 0 Å². The van der Waals surface area contributed by atoms with E-state index < -0.39 is 0 Å². The predicted octanol–water partition coefficient (Wildman–Crippen LogP) is 4.46. The minimum atomic E-state index is 0.154. The van der Waals surface area contributed by atoms with Crippen LogP contribution in [0.15, 0.2) is 48.5 Å². The summed E-state index contributed by atoms with van der Waals surface area (Å²) in [7, 11) is 0. The van der Waals surface area contributed by atoms with Crippen LogP contribution in [-0.4, -0.2) is 37.1 Å². The highest BCUT2D eigenvalue weighted by Crippen LogP contribution is 2.63. The number of anilines is 1. The van der Waals surface area contributed by atoms with Crippen LogP contribution in [0, 0.1) is 17.8 Å². The second-order valence-electron chi connectivity index (χ2n) is 9.18. The fourth-order valence-corrected chi connectivity index (χ4v) is 6.56. The number of morpholine rings is 1. The van der Waals surface area contributed by atoms with Gasteiger partial charge in [-0.15, -0.1) is 0 Å². The molecule has 0 aromatic heterocycles. The summed E-state index contributed by atoms with van der Waals surface area (Å²) < 4.78 is 5.42. The average molecular weight is 389 g/mol. The Kier molecular flexibility index (Phi) is 4.15. The minimum Gasteiger partial charge on any atom is -0.378 e. The van der Waals surface area contributed by atoms with Gasteiger partial charge in [-0.1, -0.05) is 30.3 Å². The molecule has 4 heteroatoms. The first-order valence-electron chi connectivity index (χ1n) is 11.1. The van der Waals surface area contributed by atoms with Crippen molar-refractivity contribution in [3.8, 4) is 0 Å². The first kappa shape index (κ1) is 17.5. The normalized spacial score (nSPS) is 32.4. The molecule has 1 N–H and O–H groups in total. The number of carbonyl (C=O) groups excluding carboxylic acids is 1. The zero-order valence-corrected chi connectivity index (χ0v) is 16.7. The van der Waals surface area contributed by atoms with Gasteiger partial charge in [0.15, 0.2) is 0 Å². The molecule has 2 bridgehead atoms. The number of rotatable bonds is 2. The molecular formula is C25H28N2O2. The molecule has 0 spiro atoms. The first-order valence-corrected chi connectivity index (χ1v) is 11.1. The van der Waals surface area contributed by atoms with Gasteiger partial charge >= 0.3 is 0 Å². The third kappa shape index (κ3) is 2.80. The summed E-state index contributed by atoms with van der Waals surface area (Å²) in [5.41, 5.74) is 4.85. The highest BCUT2D eigenvalue weighted by Gasteiger charge is 2.53. The van der Waals surface area contributed by atoms with Crippen molar-refractivity contribution in [2.75, 3.05) is 31.6 Å². The zero-order chi connectivity index (χ0) is 19.4. The average Bonchev–Trinajstić information content (AvgIpc) is 3.42. The van der Waals surface area contributed by atoms with Crippen LogP contribution < -0.4 is 5.32 Å². The lowest BCUT2D eigenvalue weighted by atomic mass is 9.68. The zero-order valence-electron chi connectivity index (χ0n) is 16.7. The van der Waals surface area contributed by atoms with E-state index in [1.54, 1.807) is 0 Å². The van der Waals surface area contributed by atoms with Gasteiger partial charge in [-0.2, -0.15) is 0 Å². The maximum Gasteiger partial charge on any atom is 0.254 e. The fourth-order valence-electron chi connectivity index (χ4n) is 6.56. The molecule has 2 aliphatic carbocycles. The monoisotopic (exact) mass is 388 g/mol. The molecule has 6 rings (SSSR count). The van der Waals surface area contributed by atoms with Crippen LogP contribution in [0.3, 0.4) is 0 Å². The van der Waals surface area contributed by atoms with Gasteiger partial charge in [0, 0.05) is 24.3 Å². The summed E-state index contributed by atoms with van der Waals surface area (Å²) in [6, 6.07) is 17.7. The van der Waals surface area contributed by atoms with Gasteiger partial charge in [0.25, 0.3) is 5.91 Å². The lowest BCUT2D eigenvalue weighted by Crippen LogP contribution is -2.41. The van der Waals surface area contributed by atoms with Crippen molar-refractivity contribution in [2.45, 2.75) is 31.2 Å². The summed E-state index contributed by atoms with van der Waals surface area (Å²) in [6.07, 6.45) is 4.05. The highest BCUT2D eigenvalue weighted by molar-refractivity contribution is 5.95. The van der Waals surface area contributed by atoms with Crippen LogP contribution in [0.2, 0.25) is 0 Å². The summed E-state index contributed by atoms with van der Waals surface area (Å²) >= 11 is 0. The number of fused-ring (bicyclic) bond motifs is 7. The standard InChI is InChI=1S/C25H28N2O2/c28-25(27-10-12-29-13-11-27)19-8-9-21-20(15-19)22-17-6-7-18(14-17)23(22)24(26-21)16-4-2-1-3-5-16/h1-5,8-9,15,17-18,22-24,26H,6-7,10-14H2/t17-,18-,22-,23+,24-/m0/s1. The summed E-state index contributed by atoms with van der Waals surface area (Å²) in [4.78, 5) is 15.0. The van der Waals surface area contributed by atoms with Gasteiger partial charge in [0.05, 0.1) is 19.3 Å². The molecule has 2 aromatic carbocycles. The summed E-state index contributed by atoms with van der Waals surface area (Å²) in [6.45, 7) is 2.68. The number of hydrogen-bond acceptors (Lipinski definition) is 3. The molecule has 0 unspecified atom stereocenters. The van der Waals surface area contributed by atoms with Crippen molar-refractivity contribution in [1.82, 2.24) is 4.90 Å². The molecule has 2 aliphatic heterocycles. The molecule has 4 nitrogen and oxygen atoms in total. The third-order valence-electron chi connectivity index (χ3n) is 7.79. The lowest BCUT2D eigenvalue weighted by molar-refractivity contribution is 0.0303. The van der Waals surface area contributed by atoms with E-state index in [4.69, 9.17) is 4.74 Å². The number of nitrogens with one attached hydrogen (secondary N) is 1. The summed E-state index contributed by atoms with van der Waals surface area (Å²) in [5, 5.41) is 3.87. The number of carbonyl (C=O) groups is 1. The van der Waals surface area contributed by atoms with E-state index in [1.807, 2.05) is 11.0 Å². The minimum absolute atomic E-state index is 0.154. The SMILES string of the molecule is O=C(c1ccc2c(c1)[C@@H]1[C@H]3CC[C@@H](C3)[C@H]1[C@H](c1ccccc1)N2)N1CCOCC1. The number of amides is 1. The molecule has 2 heterocycles. The Morgan fingerprint density at radius 2 is 1.79 bits per heavy atom. The van der Waals surface area contributed by atoms with E-state index in [0.29, 0.717) is 44.2 Å². The second-order valence-corrected chi connectivity index (χ2v) is 9.18. The van der Waals surface area contributed by atoms with Gasteiger partial charge in [-0.05, 0) is 72.3 Å². The molecule has 2 aromatic rings. The third-order valence-corrected chi connectivity index (χ3v) is 7.79. The quantitative estimate of drug-likeness (QED) is 0.826. The van der Waals surface area contributed by atoms with Gasteiger partial charge in [-0.25, -0.2) is 0 Å². The molecular weight excluding hydrogens is 360 g/mol. The maximum atomic E-state index is 13.1. The van der Waals surface area contributed by atoms with Crippen molar-refractivity contribution in [2.24, 2.45) is 17.8 Å². The molecule has 1 amide bonds. The van der Waals surface area contributed by atoms with Gasteiger partial charge in [0.2, 0.25) is 0 Å². The van der Waals surface area contributed by atoms with Gasteiger partial charge in [-0.3, -0.25) is 4.79 Å². The fraction of sp³-hybridized carbons (Fsp3) is 0.480. The maximum absolute atomic E-state index is 13.1. The number of nitrogens with zero attached hydrogens (tertiary/aromatic N) is 1. The van der Waals surface area contributed by atoms with E-state index in [9.17, 15) is 4.79 Å². The van der Waals surface area contributed by atoms with Crippen molar-refractivity contribution in [1.29, 1.82) is 0 Å². The molecule has 5 atom stereocenters. The van der Waals surface area contributed by atoms with E-state index in [0.717, 1.165) is 17.4 Å². The molecule has 2 saturated carbocycles. The molecule has 3 fully saturated rings. The molecule has 150 valence electrons. The Bertz CT molecular complexity index is 922. The molecule has 1 saturated heterocycles. The van der Waals surface area contributed by atoms with E-state index in [1.165, 1.54) is 36.1 Å². The van der Waals surface area contributed by atoms with Crippen LogP contribution in [-0.2, 0) is 4.74 Å². The van der Waals surface area contributed by atoms with Gasteiger partial charge < -0.3 is 15.0 Å². The highest BCUT2D eigenvalue weighted by atomic mass is 16.5. The summed E-state index contributed by atoms with van der Waals surface area (Å²) in [5.74, 6) is 2.94. The molecule has 4 aliphatic rings. The van der Waals surface area contributed by atoms with E-state index in [2.05, 4.69) is 47.8 Å². The first-order chi connectivity index (χ1) is 14.3. The largest absolute Gasteiger partial charge is 0.378 e. The number of benzene rings is 2. The van der Waals surface area contributed by atoms with Crippen LogP contribution in [0.25, 0.3) is 0 Å². The Morgan fingerprint density at radius 1 is 1.00 bits per heavy atom. The van der Waals surface area contributed by atoms with Crippen molar-refractivity contribution in [3.05, 3.63) is 65.2 Å². The Morgan fingerprint density at radius 3 is 2.62 bits per heavy atom. The van der Waals surface area contributed by atoms with Crippen LogP contribution in [0.1, 0.15) is 52.7 Å². The van der Waals surface area contributed by atoms with E-state index >= 15 is 0 Å². The number of hydrogen-bond donors (Lipinski definition) is 1. The topological polar surface area (TPSA) is 41.6 Å². The van der Waals surface area contributed by atoms with Crippen molar-refractivity contribution in [3.63, 3.8) is 0 Å². The Hall–Kier alpha value is -2.33. The van der Waals surface area contributed by atoms with Crippen LogP contribution >= 0.6 is 0 Å². The van der Waals surface area contributed by atoms with Crippen molar-refractivity contribution >= 4 is 11.6 Å². The predicted molar refractivity (Wildman–Crippen MR) is 113 cm³/mol. The second kappa shape index (κ2) is 6.88. The molecule has 0 radical (unpaired) electrons. The lowest BCUT2D eigenvalue weighted by Gasteiger charge is -2.43. The van der Waals surface area contributed by atoms with E-state index in [-0.39, 0.29) is 5.91 Å². The van der Waals surface area contributed by atoms with Crippen LogP contribution in [0.5, 0.6) is 0 Å². The van der Waals surface area contributed by atoms with Crippen LogP contribution in [0.4, 0.5) is 5.69 Å². The Balaban J connectivity index is 1.38. The smallest absolute Gasteiger partial charge is 0.254 e.